The largest absolute Gasteiger partial charge is 0.495 e. The average Bonchev–Trinajstić information content (AvgIpc) is 2.89. The van der Waals surface area contributed by atoms with Crippen molar-refractivity contribution in [1.82, 2.24) is 10.2 Å². The highest BCUT2D eigenvalue weighted by Crippen LogP contribution is 2.30. The Labute approximate surface area is 222 Å². The molecule has 0 aliphatic carbocycles. The van der Waals surface area contributed by atoms with Crippen LogP contribution in [0.5, 0.6) is 5.75 Å². The third-order valence-corrected chi connectivity index (χ3v) is 7.20. The fourth-order valence-corrected chi connectivity index (χ4v) is 4.92. The molecule has 0 spiro atoms. The van der Waals surface area contributed by atoms with Gasteiger partial charge in [0.05, 0.1) is 19.1 Å². The van der Waals surface area contributed by atoms with E-state index in [-0.39, 0.29) is 24.6 Å². The van der Waals surface area contributed by atoms with Crippen LogP contribution < -0.4 is 14.4 Å². The summed E-state index contributed by atoms with van der Waals surface area (Å²) in [5.74, 6) is -0.609. The number of halogens is 1. The highest BCUT2D eigenvalue weighted by molar-refractivity contribution is 7.92. The van der Waals surface area contributed by atoms with Crippen LogP contribution in [-0.2, 0) is 32.6 Å². The van der Waals surface area contributed by atoms with Crippen molar-refractivity contribution in [1.29, 1.82) is 0 Å². The van der Waals surface area contributed by atoms with Gasteiger partial charge in [-0.15, -0.1) is 0 Å². The van der Waals surface area contributed by atoms with Gasteiger partial charge in [-0.3, -0.25) is 13.9 Å². The summed E-state index contributed by atoms with van der Waals surface area (Å²) in [6, 6.07) is 21.9. The smallest absolute Gasteiger partial charge is 0.244 e. The van der Waals surface area contributed by atoms with E-state index < -0.39 is 28.5 Å². The normalized spacial score (nSPS) is 11.9. The van der Waals surface area contributed by atoms with Crippen LogP contribution in [0.1, 0.15) is 11.1 Å². The monoisotopic (exact) mass is 543 g/mol. The number of nitrogens with zero attached hydrogens (tertiary/aromatic N) is 2. The van der Waals surface area contributed by atoms with Gasteiger partial charge < -0.3 is 15.0 Å². The van der Waals surface area contributed by atoms with Crippen LogP contribution in [0.2, 0.25) is 5.02 Å². The second-order valence-electron chi connectivity index (χ2n) is 8.41. The molecule has 8 nitrogen and oxygen atoms in total. The molecule has 0 heterocycles. The number of methoxy groups -OCH3 is 1. The number of hydrogen-bond donors (Lipinski definition) is 1. The van der Waals surface area contributed by atoms with Crippen molar-refractivity contribution in [3.8, 4) is 5.75 Å². The predicted octanol–water partition coefficient (Wildman–Crippen LogP) is 3.50. The van der Waals surface area contributed by atoms with Crippen LogP contribution in [0.4, 0.5) is 5.69 Å². The lowest BCUT2D eigenvalue weighted by molar-refractivity contribution is -0.139. The van der Waals surface area contributed by atoms with Gasteiger partial charge in [0, 0.05) is 25.0 Å². The van der Waals surface area contributed by atoms with E-state index in [4.69, 9.17) is 16.3 Å². The molecule has 0 saturated carbocycles. The minimum Gasteiger partial charge on any atom is -0.495 e. The van der Waals surface area contributed by atoms with E-state index in [9.17, 15) is 18.0 Å². The van der Waals surface area contributed by atoms with Crippen molar-refractivity contribution in [3.05, 3.63) is 95.0 Å². The molecule has 0 radical (unpaired) electrons. The van der Waals surface area contributed by atoms with Crippen molar-refractivity contribution in [3.63, 3.8) is 0 Å². The lowest BCUT2D eigenvalue weighted by Gasteiger charge is -2.33. The molecule has 0 aliphatic heterocycles. The Hall–Kier alpha value is -3.56. The van der Waals surface area contributed by atoms with Crippen molar-refractivity contribution < 1.29 is 22.7 Å². The second kappa shape index (κ2) is 12.6. The quantitative estimate of drug-likeness (QED) is 0.399. The van der Waals surface area contributed by atoms with Crippen LogP contribution in [0.3, 0.4) is 0 Å². The standard InChI is InChI=1S/C27H30ClN3O5S/c1-29-27(33)24(17-20-9-5-4-6-10-20)30(18-21-13-15-22(28)16-14-21)26(32)19-31(37(3,34)35)23-11-7-8-12-25(23)36-2/h4-16,24H,17-19H2,1-3H3,(H,29,33). The molecule has 0 aromatic heterocycles. The predicted molar refractivity (Wildman–Crippen MR) is 145 cm³/mol. The topological polar surface area (TPSA) is 96.0 Å². The van der Waals surface area contributed by atoms with E-state index >= 15 is 0 Å². The van der Waals surface area contributed by atoms with Gasteiger partial charge >= 0.3 is 0 Å². The van der Waals surface area contributed by atoms with Gasteiger partial charge in [-0.1, -0.05) is 66.2 Å². The van der Waals surface area contributed by atoms with E-state index in [1.807, 2.05) is 30.3 Å². The molecule has 1 N–H and O–H groups in total. The lowest BCUT2D eigenvalue weighted by Crippen LogP contribution is -2.52. The number of amides is 2. The molecule has 1 unspecified atom stereocenters. The number of likely N-dealkylation sites (N-methyl/N-ethyl adjacent to an activating group) is 1. The van der Waals surface area contributed by atoms with Gasteiger partial charge in [0.2, 0.25) is 21.8 Å². The second-order valence-corrected chi connectivity index (χ2v) is 10.8. The average molecular weight is 544 g/mol. The van der Waals surface area contributed by atoms with Crippen molar-refractivity contribution >= 4 is 39.1 Å². The maximum Gasteiger partial charge on any atom is 0.244 e. The molecule has 3 rings (SSSR count). The molecule has 3 aromatic rings. The maximum absolute atomic E-state index is 13.9. The van der Waals surface area contributed by atoms with E-state index in [1.54, 1.807) is 48.5 Å². The summed E-state index contributed by atoms with van der Waals surface area (Å²) in [5.41, 5.74) is 1.82. The number of sulfonamides is 1. The molecule has 0 bridgehead atoms. The zero-order valence-corrected chi connectivity index (χ0v) is 22.5. The number of carbonyl (C=O) groups excluding carboxylic acids is 2. The van der Waals surface area contributed by atoms with Crippen LogP contribution >= 0.6 is 11.6 Å². The Morgan fingerprint density at radius 2 is 1.57 bits per heavy atom. The minimum absolute atomic E-state index is 0.0739. The Morgan fingerprint density at radius 1 is 0.946 bits per heavy atom. The summed E-state index contributed by atoms with van der Waals surface area (Å²) in [6.45, 7) is -0.445. The van der Waals surface area contributed by atoms with Gasteiger partial charge in [0.15, 0.2) is 0 Å². The summed E-state index contributed by atoms with van der Waals surface area (Å²) in [5, 5.41) is 3.18. The molecular formula is C27H30ClN3O5S. The third kappa shape index (κ3) is 7.47. The van der Waals surface area contributed by atoms with Gasteiger partial charge in [0.25, 0.3) is 0 Å². The fourth-order valence-electron chi connectivity index (χ4n) is 3.94. The summed E-state index contributed by atoms with van der Waals surface area (Å²) < 4.78 is 32.0. The molecule has 0 aliphatic rings. The molecule has 37 heavy (non-hydrogen) atoms. The summed E-state index contributed by atoms with van der Waals surface area (Å²) in [4.78, 5) is 28.4. The molecule has 0 fully saturated rings. The fraction of sp³-hybridized carbons (Fsp3) is 0.259. The third-order valence-electron chi connectivity index (χ3n) is 5.82. The van der Waals surface area contributed by atoms with E-state index in [1.165, 1.54) is 19.1 Å². The molecule has 2 amide bonds. The van der Waals surface area contributed by atoms with E-state index in [2.05, 4.69) is 5.32 Å². The van der Waals surface area contributed by atoms with Crippen molar-refractivity contribution in [2.75, 3.05) is 31.3 Å². The molecule has 10 heteroatoms. The molecule has 0 saturated heterocycles. The lowest BCUT2D eigenvalue weighted by atomic mass is 10.0. The number of hydrogen-bond acceptors (Lipinski definition) is 5. The van der Waals surface area contributed by atoms with Gasteiger partial charge in [-0.25, -0.2) is 8.42 Å². The van der Waals surface area contributed by atoms with E-state index in [0.717, 1.165) is 21.7 Å². The SMILES string of the molecule is CNC(=O)C(Cc1ccccc1)N(Cc1ccc(Cl)cc1)C(=O)CN(c1ccccc1OC)S(C)(=O)=O. The first-order valence-electron chi connectivity index (χ1n) is 11.5. The Morgan fingerprint density at radius 3 is 2.16 bits per heavy atom. The number of carbonyl (C=O) groups is 2. The first kappa shape index (κ1) is 28.0. The van der Waals surface area contributed by atoms with E-state index in [0.29, 0.717) is 10.8 Å². The Bertz CT molecular complexity index is 1320. The van der Waals surface area contributed by atoms with Crippen molar-refractivity contribution in [2.45, 2.75) is 19.0 Å². The molecular weight excluding hydrogens is 514 g/mol. The number of nitrogens with one attached hydrogen (secondary N) is 1. The molecule has 1 atom stereocenters. The molecule has 3 aromatic carbocycles. The first-order valence-corrected chi connectivity index (χ1v) is 13.8. The maximum atomic E-state index is 13.9. The van der Waals surface area contributed by atoms with Gasteiger partial charge in [-0.2, -0.15) is 0 Å². The summed E-state index contributed by atoms with van der Waals surface area (Å²) in [7, 11) is -0.951. The van der Waals surface area contributed by atoms with Crippen LogP contribution in [0.15, 0.2) is 78.9 Å². The Balaban J connectivity index is 2.04. The van der Waals surface area contributed by atoms with Crippen LogP contribution in [-0.4, -0.2) is 58.1 Å². The number of anilines is 1. The number of benzene rings is 3. The zero-order chi connectivity index (χ0) is 27.0. The minimum atomic E-state index is -3.88. The summed E-state index contributed by atoms with van der Waals surface area (Å²) >= 11 is 6.04. The molecule has 196 valence electrons. The highest BCUT2D eigenvalue weighted by atomic mass is 35.5. The van der Waals surface area contributed by atoms with Crippen LogP contribution in [0.25, 0.3) is 0 Å². The summed E-state index contributed by atoms with van der Waals surface area (Å²) in [6.07, 6.45) is 1.27. The van der Waals surface area contributed by atoms with Gasteiger partial charge in [0.1, 0.15) is 18.3 Å². The number of ether oxygens (including phenoxy) is 1. The highest BCUT2D eigenvalue weighted by Gasteiger charge is 2.33. The Kier molecular flexibility index (Phi) is 9.54. The number of para-hydroxylation sites is 2. The van der Waals surface area contributed by atoms with Crippen LogP contribution in [0, 0.1) is 0 Å². The van der Waals surface area contributed by atoms with Crippen molar-refractivity contribution in [2.24, 2.45) is 0 Å². The first-order chi connectivity index (χ1) is 17.6. The zero-order valence-electron chi connectivity index (χ0n) is 20.9. The van der Waals surface area contributed by atoms with Gasteiger partial charge in [-0.05, 0) is 35.4 Å². The number of rotatable bonds is 11.